The highest BCUT2D eigenvalue weighted by molar-refractivity contribution is 9.10. The monoisotopic (exact) mass is 244 g/mol. The number of carboxylic acids is 1. The normalized spacial score (nSPS) is 12.5. The maximum absolute atomic E-state index is 10.6. The first-order valence-corrected chi connectivity index (χ1v) is 4.46. The van der Waals surface area contributed by atoms with Gasteiger partial charge in [-0.2, -0.15) is 0 Å². The van der Waals surface area contributed by atoms with Gasteiger partial charge < -0.3 is 10.8 Å². The van der Waals surface area contributed by atoms with Crippen LogP contribution in [0.4, 0.5) is 5.69 Å². The Labute approximate surface area is 83.9 Å². The summed E-state index contributed by atoms with van der Waals surface area (Å²) >= 11 is 3.13. The average Bonchev–Trinajstić information content (AvgIpc) is 2.08. The zero-order valence-corrected chi connectivity index (χ0v) is 8.58. The van der Waals surface area contributed by atoms with Crippen LogP contribution in [0.15, 0.2) is 16.7 Å². The van der Waals surface area contributed by atoms with Crippen LogP contribution in [-0.2, 0) is 4.79 Å². The Morgan fingerprint density at radius 2 is 2.31 bits per heavy atom. The van der Waals surface area contributed by atoms with Gasteiger partial charge in [-0.3, -0.25) is 4.79 Å². The second-order valence-electron chi connectivity index (χ2n) is 2.68. The highest BCUT2D eigenvalue weighted by Crippen LogP contribution is 2.20. The first-order valence-electron chi connectivity index (χ1n) is 3.67. The van der Waals surface area contributed by atoms with Crippen LogP contribution in [0.1, 0.15) is 18.5 Å². The molecule has 0 aliphatic heterocycles. The summed E-state index contributed by atoms with van der Waals surface area (Å²) in [7, 11) is 0. The van der Waals surface area contributed by atoms with Crippen LogP contribution in [-0.4, -0.2) is 16.1 Å². The second kappa shape index (κ2) is 3.74. The molecular formula is C8H9BrN2O2. The van der Waals surface area contributed by atoms with Crippen LogP contribution in [0, 0.1) is 0 Å². The highest BCUT2D eigenvalue weighted by Gasteiger charge is 2.15. The molecule has 0 unspecified atom stereocenters. The molecular weight excluding hydrogens is 236 g/mol. The molecule has 5 heteroatoms. The topological polar surface area (TPSA) is 76.2 Å². The number of carboxylic acid groups (broad SMARTS) is 1. The number of hydrogen-bond acceptors (Lipinski definition) is 3. The quantitative estimate of drug-likeness (QED) is 0.776. The van der Waals surface area contributed by atoms with E-state index in [1.165, 1.54) is 0 Å². The van der Waals surface area contributed by atoms with E-state index >= 15 is 0 Å². The van der Waals surface area contributed by atoms with Crippen molar-refractivity contribution in [1.29, 1.82) is 0 Å². The molecule has 0 saturated heterocycles. The number of rotatable bonds is 2. The van der Waals surface area contributed by atoms with Crippen LogP contribution in [0.2, 0.25) is 0 Å². The number of aromatic nitrogens is 1. The lowest BCUT2D eigenvalue weighted by molar-refractivity contribution is -0.138. The number of anilines is 1. The number of nitrogens with two attached hydrogens (primary N) is 1. The Kier molecular flexibility index (Phi) is 2.87. The van der Waals surface area contributed by atoms with Gasteiger partial charge in [0.15, 0.2) is 0 Å². The van der Waals surface area contributed by atoms with E-state index in [1.807, 2.05) is 0 Å². The summed E-state index contributed by atoms with van der Waals surface area (Å²) < 4.78 is 0.484. The zero-order chi connectivity index (χ0) is 10.0. The minimum Gasteiger partial charge on any atom is -0.481 e. The molecule has 0 bridgehead atoms. The number of halogens is 1. The Balaban J connectivity index is 3.03. The van der Waals surface area contributed by atoms with Gasteiger partial charge >= 0.3 is 5.97 Å². The van der Waals surface area contributed by atoms with E-state index in [2.05, 4.69) is 20.9 Å². The third kappa shape index (κ3) is 2.18. The Bertz CT molecular complexity index is 341. The fourth-order valence-electron chi connectivity index (χ4n) is 0.827. The fourth-order valence-corrected chi connectivity index (χ4v) is 1.16. The smallest absolute Gasteiger partial charge is 0.312 e. The van der Waals surface area contributed by atoms with E-state index in [4.69, 9.17) is 10.8 Å². The summed E-state index contributed by atoms with van der Waals surface area (Å²) in [4.78, 5) is 14.6. The van der Waals surface area contributed by atoms with Gasteiger partial charge in [0.1, 0.15) is 4.60 Å². The minimum atomic E-state index is -0.899. The lowest BCUT2D eigenvalue weighted by Gasteiger charge is -2.06. The minimum absolute atomic E-state index is 0.484. The first-order chi connectivity index (χ1) is 6.02. The van der Waals surface area contributed by atoms with Crippen LogP contribution in [0.3, 0.4) is 0 Å². The maximum atomic E-state index is 10.6. The molecule has 0 aliphatic carbocycles. The van der Waals surface area contributed by atoms with Crippen molar-refractivity contribution in [3.8, 4) is 0 Å². The van der Waals surface area contributed by atoms with Crippen molar-refractivity contribution < 1.29 is 9.90 Å². The number of nitrogen functional groups attached to an aromatic ring is 1. The van der Waals surface area contributed by atoms with E-state index in [0.717, 1.165) is 0 Å². The summed E-state index contributed by atoms with van der Waals surface area (Å²) in [6.07, 6.45) is 0. The maximum Gasteiger partial charge on any atom is 0.312 e. The molecule has 4 nitrogen and oxygen atoms in total. The number of aliphatic carboxylic acids is 1. The van der Waals surface area contributed by atoms with Crippen molar-refractivity contribution in [3.05, 3.63) is 22.4 Å². The average molecular weight is 245 g/mol. The van der Waals surface area contributed by atoms with Crippen LogP contribution in [0.25, 0.3) is 0 Å². The number of pyridine rings is 1. The molecule has 1 aromatic rings. The van der Waals surface area contributed by atoms with Gasteiger partial charge in [-0.1, -0.05) is 0 Å². The first kappa shape index (κ1) is 9.98. The van der Waals surface area contributed by atoms with Crippen molar-refractivity contribution in [1.82, 2.24) is 4.98 Å². The molecule has 1 aromatic heterocycles. The lowest BCUT2D eigenvalue weighted by atomic mass is 10.1. The van der Waals surface area contributed by atoms with Gasteiger partial charge in [0.05, 0.1) is 17.3 Å². The molecule has 0 aliphatic rings. The van der Waals surface area contributed by atoms with E-state index < -0.39 is 11.9 Å². The summed E-state index contributed by atoms with van der Waals surface area (Å²) in [5.41, 5.74) is 6.50. The van der Waals surface area contributed by atoms with Gasteiger partial charge in [0.25, 0.3) is 0 Å². The van der Waals surface area contributed by atoms with Gasteiger partial charge in [-0.25, -0.2) is 4.98 Å². The van der Waals surface area contributed by atoms with Gasteiger partial charge in [0.2, 0.25) is 0 Å². The largest absolute Gasteiger partial charge is 0.481 e. The molecule has 3 N–H and O–H groups in total. The van der Waals surface area contributed by atoms with Crippen LogP contribution < -0.4 is 5.73 Å². The molecule has 0 fully saturated rings. The molecule has 1 heterocycles. The van der Waals surface area contributed by atoms with E-state index in [9.17, 15) is 4.79 Å². The van der Waals surface area contributed by atoms with Crippen LogP contribution >= 0.6 is 15.9 Å². The standard InChI is InChI=1S/C8H9BrN2O2/c1-4(8(12)13)6-3-2-5(10)7(9)11-6/h2-4H,10H2,1H3,(H,12,13)/t4-/m1/s1. The van der Waals surface area contributed by atoms with E-state index in [0.29, 0.717) is 16.0 Å². The molecule has 1 atom stereocenters. The third-order valence-electron chi connectivity index (χ3n) is 1.71. The predicted octanol–water partition coefficient (Wildman–Crippen LogP) is 1.61. The molecule has 1 rings (SSSR count). The molecule has 0 aromatic carbocycles. The molecule has 0 amide bonds. The molecule has 13 heavy (non-hydrogen) atoms. The Hall–Kier alpha value is -1.10. The number of carbonyl (C=O) groups is 1. The summed E-state index contributed by atoms with van der Waals surface area (Å²) in [6, 6.07) is 3.24. The highest BCUT2D eigenvalue weighted by atomic mass is 79.9. The predicted molar refractivity (Wildman–Crippen MR) is 52.4 cm³/mol. The summed E-state index contributed by atoms with van der Waals surface area (Å²) in [6.45, 7) is 1.58. The van der Waals surface area contributed by atoms with Gasteiger partial charge in [-0.05, 0) is 35.0 Å². The molecule has 70 valence electrons. The van der Waals surface area contributed by atoms with E-state index in [-0.39, 0.29) is 0 Å². The number of hydrogen-bond donors (Lipinski definition) is 2. The SMILES string of the molecule is C[C@@H](C(=O)O)c1ccc(N)c(Br)n1. The molecule has 0 spiro atoms. The zero-order valence-electron chi connectivity index (χ0n) is 6.99. The summed E-state index contributed by atoms with van der Waals surface area (Å²) in [5, 5.41) is 8.71. The van der Waals surface area contributed by atoms with E-state index in [1.54, 1.807) is 19.1 Å². The van der Waals surface area contributed by atoms with Gasteiger partial charge in [-0.15, -0.1) is 0 Å². The van der Waals surface area contributed by atoms with Crippen molar-refractivity contribution >= 4 is 27.6 Å². The molecule has 0 radical (unpaired) electrons. The Morgan fingerprint density at radius 3 is 2.77 bits per heavy atom. The lowest BCUT2D eigenvalue weighted by Crippen LogP contribution is -2.09. The number of nitrogens with zero attached hydrogens (tertiary/aromatic N) is 1. The van der Waals surface area contributed by atoms with Crippen molar-refractivity contribution in [3.63, 3.8) is 0 Å². The second-order valence-corrected chi connectivity index (χ2v) is 3.43. The van der Waals surface area contributed by atoms with Crippen molar-refractivity contribution in [2.75, 3.05) is 5.73 Å². The van der Waals surface area contributed by atoms with Gasteiger partial charge in [0, 0.05) is 0 Å². The summed E-state index contributed by atoms with van der Waals surface area (Å²) in [5.74, 6) is -1.51. The van der Waals surface area contributed by atoms with Crippen molar-refractivity contribution in [2.24, 2.45) is 0 Å². The third-order valence-corrected chi connectivity index (χ3v) is 2.35. The Morgan fingerprint density at radius 1 is 1.69 bits per heavy atom. The van der Waals surface area contributed by atoms with Crippen LogP contribution in [0.5, 0.6) is 0 Å². The fraction of sp³-hybridized carbons (Fsp3) is 0.250. The molecule has 0 saturated carbocycles. The van der Waals surface area contributed by atoms with Crippen molar-refractivity contribution in [2.45, 2.75) is 12.8 Å².